The molecule has 1 fully saturated rings. The highest BCUT2D eigenvalue weighted by atomic mass is 35.5. The van der Waals surface area contributed by atoms with Gasteiger partial charge in [-0.05, 0) is 24.3 Å². The Morgan fingerprint density at radius 1 is 1.03 bits per heavy atom. The molecule has 1 aromatic carbocycles. The molecule has 7 N–H and O–H groups in total. The highest BCUT2D eigenvalue weighted by Crippen LogP contribution is 2.68. The molecule has 3 heterocycles. The average molecular weight is 618 g/mol. The van der Waals surface area contributed by atoms with Crippen molar-refractivity contribution in [2.24, 2.45) is 0 Å². The maximum atomic E-state index is 12.8. The fourth-order valence-corrected chi connectivity index (χ4v) is 7.01. The number of hydrogen-bond acceptors (Lipinski definition) is 14. The normalized spacial score (nSPS) is 25.2. The van der Waals surface area contributed by atoms with Crippen molar-refractivity contribution in [3.63, 3.8) is 0 Å². The van der Waals surface area contributed by atoms with Crippen LogP contribution in [0.5, 0.6) is 5.75 Å². The highest BCUT2D eigenvalue weighted by molar-refractivity contribution is 7.67. The Morgan fingerprint density at radius 3 is 2.37 bits per heavy atom. The maximum Gasteiger partial charge on any atom is 0.548 e. The Hall–Kier alpha value is -2.01. The van der Waals surface area contributed by atoms with E-state index in [9.17, 15) is 28.8 Å². The van der Waals surface area contributed by atoms with Gasteiger partial charge in [0, 0.05) is 5.02 Å². The summed E-state index contributed by atoms with van der Waals surface area (Å²) in [6.07, 6.45) is -3.70. The number of aromatic nitrogens is 4. The van der Waals surface area contributed by atoms with E-state index in [-0.39, 0.29) is 27.8 Å². The van der Waals surface area contributed by atoms with Crippen LogP contribution in [0.3, 0.4) is 0 Å². The van der Waals surface area contributed by atoms with Gasteiger partial charge in [0.05, 0.1) is 12.9 Å². The number of halogens is 1. The first-order valence-electron chi connectivity index (χ1n) is 10.1. The molecule has 208 valence electrons. The zero-order valence-electron chi connectivity index (χ0n) is 18.6. The molecular formula is C16H19ClN5O13P3. The van der Waals surface area contributed by atoms with Crippen LogP contribution in [0.4, 0.5) is 5.82 Å². The number of hydrogen-bond donors (Lipinski definition) is 6. The molecule has 22 heteroatoms. The second-order valence-corrected chi connectivity index (χ2v) is 12.5. The van der Waals surface area contributed by atoms with Gasteiger partial charge in [-0.25, -0.2) is 28.6 Å². The summed E-state index contributed by atoms with van der Waals surface area (Å²) in [6, 6.07) is 4.70. The quantitative estimate of drug-likeness (QED) is 0.174. The van der Waals surface area contributed by atoms with Crippen molar-refractivity contribution in [1.82, 2.24) is 19.5 Å². The number of rotatable bonds is 10. The molecule has 1 saturated heterocycles. The Bertz CT molecular complexity index is 1450. The van der Waals surface area contributed by atoms with Gasteiger partial charge in [0.25, 0.3) is 0 Å². The molecule has 18 nitrogen and oxygen atoms in total. The summed E-state index contributed by atoms with van der Waals surface area (Å²) >= 11 is 5.72. The van der Waals surface area contributed by atoms with Crippen molar-refractivity contribution in [3.8, 4) is 5.75 Å². The van der Waals surface area contributed by atoms with Crippen molar-refractivity contribution >= 4 is 52.1 Å². The molecule has 38 heavy (non-hydrogen) atoms. The average Bonchev–Trinajstić information content (AvgIpc) is 3.34. The van der Waals surface area contributed by atoms with Crippen molar-refractivity contribution in [3.05, 3.63) is 41.9 Å². The van der Waals surface area contributed by atoms with Gasteiger partial charge >= 0.3 is 23.5 Å². The van der Waals surface area contributed by atoms with Gasteiger partial charge in [-0.2, -0.15) is 8.62 Å². The second-order valence-electron chi connectivity index (χ2n) is 7.54. The fourth-order valence-electron chi connectivity index (χ4n) is 3.27. The minimum Gasteiger partial charge on any atom is -0.403 e. The van der Waals surface area contributed by atoms with E-state index in [1.165, 1.54) is 23.0 Å². The van der Waals surface area contributed by atoms with E-state index >= 15 is 0 Å². The predicted octanol–water partition coefficient (Wildman–Crippen LogP) is 1.11. The minimum absolute atomic E-state index is 0.0443. The maximum absolute atomic E-state index is 12.8. The fraction of sp³-hybridized carbons (Fsp3) is 0.312. The van der Waals surface area contributed by atoms with Crippen molar-refractivity contribution in [2.75, 3.05) is 12.3 Å². The van der Waals surface area contributed by atoms with Gasteiger partial charge in [0.2, 0.25) is 0 Å². The number of aliphatic hydroxyl groups excluding tert-OH is 2. The molecule has 0 spiro atoms. The Labute approximate surface area is 217 Å². The third-order valence-corrected chi connectivity index (χ3v) is 9.28. The standard InChI is InChI=1S/C16H19ClN5O13P3/c17-8-1-3-9(4-2-8)33-38(30,34-36(25,26)27)35-37(28,29)31-5-10-12(23)13(24)16(32-10)22-7-21-11-14(18)19-6-20-15(11)22/h1-4,6-7,10,12-13,16,23-24H,5H2,(H,28,29)(H2,18,19,20)(H2,25,26,27)/t10-,12-,13-,16-,38?/m1/s1. The lowest BCUT2D eigenvalue weighted by atomic mass is 10.1. The summed E-state index contributed by atoms with van der Waals surface area (Å²) in [5.74, 6) is -0.313. The number of benzene rings is 1. The van der Waals surface area contributed by atoms with Gasteiger partial charge in [0.1, 0.15) is 35.9 Å². The Morgan fingerprint density at radius 2 is 1.71 bits per heavy atom. The lowest BCUT2D eigenvalue weighted by Crippen LogP contribution is -2.33. The molecule has 4 rings (SSSR count). The van der Waals surface area contributed by atoms with Crippen LogP contribution in [-0.2, 0) is 31.6 Å². The lowest BCUT2D eigenvalue weighted by molar-refractivity contribution is -0.0503. The van der Waals surface area contributed by atoms with Crippen LogP contribution in [-0.4, -0.2) is 69.3 Å². The van der Waals surface area contributed by atoms with E-state index in [1.54, 1.807) is 0 Å². The van der Waals surface area contributed by atoms with E-state index in [1.807, 2.05) is 0 Å². The van der Waals surface area contributed by atoms with Crippen LogP contribution in [0.2, 0.25) is 5.02 Å². The summed E-state index contributed by atoms with van der Waals surface area (Å²) in [5, 5.41) is 21.1. The number of nitrogen functional groups attached to an aromatic ring is 1. The number of phosphoric ester groups is 1. The number of nitrogens with two attached hydrogens (primary N) is 1. The van der Waals surface area contributed by atoms with E-state index < -0.39 is 54.6 Å². The van der Waals surface area contributed by atoms with Crippen LogP contribution in [0.25, 0.3) is 11.2 Å². The molecule has 2 aromatic heterocycles. The van der Waals surface area contributed by atoms with E-state index in [0.717, 1.165) is 18.5 Å². The number of anilines is 1. The molecule has 0 amide bonds. The molecule has 0 aliphatic carbocycles. The number of phosphoric acid groups is 3. The summed E-state index contributed by atoms with van der Waals surface area (Å²) in [4.78, 5) is 40.0. The smallest absolute Gasteiger partial charge is 0.403 e. The lowest BCUT2D eigenvalue weighted by Gasteiger charge is -2.22. The Balaban J connectivity index is 1.47. The first-order chi connectivity index (χ1) is 17.7. The number of nitrogens with zero attached hydrogens (tertiary/aromatic N) is 4. The molecule has 0 bridgehead atoms. The van der Waals surface area contributed by atoms with Gasteiger partial charge in [-0.15, -0.1) is 0 Å². The molecule has 0 saturated carbocycles. The van der Waals surface area contributed by atoms with Crippen LogP contribution in [0, 0.1) is 0 Å². The van der Waals surface area contributed by atoms with E-state index in [2.05, 4.69) is 28.1 Å². The van der Waals surface area contributed by atoms with Gasteiger partial charge in [-0.3, -0.25) is 9.09 Å². The SMILES string of the molecule is Nc1ncnc2c1ncn2[C@@H]1O[C@H](COP(=O)(O)OP(=O)(Oc2ccc(Cl)cc2)OP(=O)(O)O)[C@@H](O)[C@H]1O. The number of fused-ring (bicyclic) bond motifs is 1. The Kier molecular flexibility index (Phi) is 8.29. The second kappa shape index (κ2) is 10.9. The van der Waals surface area contributed by atoms with Crippen LogP contribution in [0.15, 0.2) is 36.9 Å². The van der Waals surface area contributed by atoms with E-state index in [0.29, 0.717) is 0 Å². The molecule has 6 atom stereocenters. The largest absolute Gasteiger partial charge is 0.548 e. The third-order valence-electron chi connectivity index (χ3n) is 4.84. The summed E-state index contributed by atoms with van der Waals surface area (Å²) in [6.45, 7) is -0.941. The van der Waals surface area contributed by atoms with Crippen molar-refractivity contribution in [1.29, 1.82) is 0 Å². The van der Waals surface area contributed by atoms with Gasteiger partial charge < -0.3 is 39.9 Å². The van der Waals surface area contributed by atoms with Crippen LogP contribution >= 0.6 is 35.1 Å². The zero-order chi connectivity index (χ0) is 27.9. The monoisotopic (exact) mass is 617 g/mol. The van der Waals surface area contributed by atoms with Gasteiger partial charge in [-0.1, -0.05) is 11.6 Å². The molecule has 3 aromatic rings. The number of aliphatic hydroxyl groups is 2. The number of ether oxygens (including phenoxy) is 1. The summed E-state index contributed by atoms with van der Waals surface area (Å²) in [5.41, 5.74) is 6.07. The zero-order valence-corrected chi connectivity index (χ0v) is 22.0. The van der Waals surface area contributed by atoms with Crippen LogP contribution in [0.1, 0.15) is 6.23 Å². The van der Waals surface area contributed by atoms with Crippen LogP contribution < -0.4 is 10.3 Å². The summed E-state index contributed by atoms with van der Waals surface area (Å²) < 4.78 is 61.2. The van der Waals surface area contributed by atoms with Gasteiger partial charge in [0.15, 0.2) is 17.7 Å². The minimum atomic E-state index is -5.59. The molecule has 2 unspecified atom stereocenters. The molecule has 1 aliphatic heterocycles. The predicted molar refractivity (Wildman–Crippen MR) is 125 cm³/mol. The van der Waals surface area contributed by atoms with Crippen molar-refractivity contribution < 1.29 is 61.0 Å². The number of imidazole rings is 1. The molecular weight excluding hydrogens is 599 g/mol. The third kappa shape index (κ3) is 6.76. The first kappa shape index (κ1) is 29.0. The van der Waals surface area contributed by atoms with E-state index in [4.69, 9.17) is 36.4 Å². The summed E-state index contributed by atoms with van der Waals surface area (Å²) in [7, 11) is -16.6. The van der Waals surface area contributed by atoms with Crippen molar-refractivity contribution in [2.45, 2.75) is 24.5 Å². The topological polar surface area (TPSA) is 268 Å². The molecule has 0 radical (unpaired) electrons. The highest BCUT2D eigenvalue weighted by Gasteiger charge is 2.48. The molecule has 1 aliphatic rings. The first-order valence-corrected chi connectivity index (χ1v) is 15.0.